The molecule has 0 spiro atoms. The van der Waals surface area contributed by atoms with Crippen molar-refractivity contribution >= 4 is 10.0 Å². The van der Waals surface area contributed by atoms with E-state index in [-0.39, 0.29) is 4.90 Å². The molecule has 0 amide bonds. The van der Waals surface area contributed by atoms with Crippen molar-refractivity contribution in [1.82, 2.24) is 4.72 Å². The number of hydrogen-bond donors (Lipinski definition) is 1. The Morgan fingerprint density at radius 1 is 1.00 bits per heavy atom. The number of rotatable bonds is 6. The maximum absolute atomic E-state index is 12.8. The molecule has 2 aromatic carbocycles. The number of benzene rings is 2. The van der Waals surface area contributed by atoms with E-state index in [1.54, 1.807) is 32.4 Å². The van der Waals surface area contributed by atoms with Gasteiger partial charge in [0.05, 0.1) is 24.7 Å². The van der Waals surface area contributed by atoms with Crippen LogP contribution in [-0.2, 0) is 15.6 Å². The molecule has 1 N–H and O–H groups in total. The highest BCUT2D eigenvalue weighted by atomic mass is 32.2. The van der Waals surface area contributed by atoms with Crippen LogP contribution in [0.25, 0.3) is 0 Å². The smallest absolute Gasteiger partial charge is 0.241 e. The van der Waals surface area contributed by atoms with E-state index in [1.807, 2.05) is 31.2 Å². The lowest BCUT2D eigenvalue weighted by Crippen LogP contribution is -2.34. The van der Waals surface area contributed by atoms with Crippen molar-refractivity contribution < 1.29 is 17.9 Å². The summed E-state index contributed by atoms with van der Waals surface area (Å²) in [6, 6.07) is 12.4. The first-order valence-electron chi connectivity index (χ1n) is 7.73. The van der Waals surface area contributed by atoms with Gasteiger partial charge in [-0.3, -0.25) is 0 Å². The van der Waals surface area contributed by atoms with E-state index < -0.39 is 15.6 Å². The molecule has 1 aliphatic rings. The second-order valence-electron chi connectivity index (χ2n) is 6.05. The highest BCUT2D eigenvalue weighted by Gasteiger charge is 2.47. The van der Waals surface area contributed by atoms with Crippen LogP contribution in [-0.4, -0.2) is 22.6 Å². The average molecular weight is 347 g/mol. The quantitative estimate of drug-likeness (QED) is 0.872. The Morgan fingerprint density at radius 3 is 2.17 bits per heavy atom. The topological polar surface area (TPSA) is 64.6 Å². The standard InChI is InChI=1S/C18H21NO4S/c1-13-12-16(8-9-17(13)23-3)24(20,21)19-18(10-11-18)14-4-6-15(22-2)7-5-14/h4-9,12,19H,10-11H2,1-3H3. The Balaban J connectivity index is 1.87. The maximum atomic E-state index is 12.8. The van der Waals surface area contributed by atoms with Gasteiger partial charge >= 0.3 is 0 Å². The van der Waals surface area contributed by atoms with E-state index >= 15 is 0 Å². The number of aryl methyl sites for hydroxylation is 1. The SMILES string of the molecule is COc1ccc(C2(NS(=O)(=O)c3ccc(OC)c(C)c3)CC2)cc1. The number of nitrogens with one attached hydrogen (secondary N) is 1. The third-order valence-electron chi connectivity index (χ3n) is 4.40. The van der Waals surface area contributed by atoms with Gasteiger partial charge in [0.1, 0.15) is 11.5 Å². The van der Waals surface area contributed by atoms with Crippen molar-refractivity contribution in [3.05, 3.63) is 53.6 Å². The number of ether oxygens (including phenoxy) is 2. The molecule has 0 saturated heterocycles. The Labute approximate surface area is 142 Å². The molecule has 1 aliphatic carbocycles. The van der Waals surface area contributed by atoms with Gasteiger partial charge < -0.3 is 9.47 Å². The fourth-order valence-electron chi connectivity index (χ4n) is 2.82. The molecule has 128 valence electrons. The summed E-state index contributed by atoms with van der Waals surface area (Å²) in [7, 11) is -0.429. The normalized spacial score (nSPS) is 15.8. The molecule has 2 aromatic rings. The zero-order valence-electron chi connectivity index (χ0n) is 14.0. The summed E-state index contributed by atoms with van der Waals surface area (Å²) in [6.45, 7) is 1.83. The predicted octanol–water partition coefficient (Wildman–Crippen LogP) is 2.98. The lowest BCUT2D eigenvalue weighted by atomic mass is 10.1. The monoisotopic (exact) mass is 347 g/mol. The predicted molar refractivity (Wildman–Crippen MR) is 92.0 cm³/mol. The summed E-state index contributed by atoms with van der Waals surface area (Å²) in [5.74, 6) is 1.42. The van der Waals surface area contributed by atoms with Crippen LogP contribution < -0.4 is 14.2 Å². The Hall–Kier alpha value is -2.05. The van der Waals surface area contributed by atoms with Crippen molar-refractivity contribution in [3.8, 4) is 11.5 Å². The second-order valence-corrected chi connectivity index (χ2v) is 7.73. The zero-order chi connectivity index (χ0) is 17.4. The lowest BCUT2D eigenvalue weighted by Gasteiger charge is -2.19. The summed E-state index contributed by atoms with van der Waals surface area (Å²) in [5.41, 5.74) is 1.23. The van der Waals surface area contributed by atoms with Crippen molar-refractivity contribution in [2.45, 2.75) is 30.2 Å². The summed E-state index contributed by atoms with van der Waals surface area (Å²) >= 11 is 0. The van der Waals surface area contributed by atoms with E-state index in [0.717, 1.165) is 29.7 Å². The van der Waals surface area contributed by atoms with Crippen molar-refractivity contribution in [1.29, 1.82) is 0 Å². The third kappa shape index (κ3) is 3.12. The van der Waals surface area contributed by atoms with Gasteiger partial charge in [0.25, 0.3) is 0 Å². The first kappa shape index (κ1) is 16.8. The number of methoxy groups -OCH3 is 2. The second kappa shape index (κ2) is 6.11. The van der Waals surface area contributed by atoms with Gasteiger partial charge in [-0.2, -0.15) is 0 Å². The minimum Gasteiger partial charge on any atom is -0.497 e. The zero-order valence-corrected chi connectivity index (χ0v) is 14.8. The highest BCUT2D eigenvalue weighted by molar-refractivity contribution is 7.89. The van der Waals surface area contributed by atoms with Gasteiger partial charge in [-0.1, -0.05) is 12.1 Å². The van der Waals surface area contributed by atoms with Gasteiger partial charge in [0.15, 0.2) is 0 Å². The minimum atomic E-state index is -3.60. The molecule has 1 fully saturated rings. The first-order chi connectivity index (χ1) is 11.4. The molecular formula is C18H21NO4S. The first-order valence-corrected chi connectivity index (χ1v) is 9.22. The molecule has 5 nitrogen and oxygen atoms in total. The molecule has 0 atom stereocenters. The lowest BCUT2D eigenvalue weighted by molar-refractivity contribution is 0.411. The molecular weight excluding hydrogens is 326 g/mol. The summed E-state index contributed by atoms with van der Waals surface area (Å²) in [4.78, 5) is 0.251. The molecule has 0 radical (unpaired) electrons. The van der Waals surface area contributed by atoms with Crippen molar-refractivity contribution in [2.24, 2.45) is 0 Å². The van der Waals surface area contributed by atoms with Crippen LogP contribution in [0.2, 0.25) is 0 Å². The van der Waals surface area contributed by atoms with E-state index in [2.05, 4.69) is 4.72 Å². The summed E-state index contributed by atoms with van der Waals surface area (Å²) in [6.07, 6.45) is 1.57. The molecule has 0 aromatic heterocycles. The average Bonchev–Trinajstić information content (AvgIpc) is 3.35. The van der Waals surface area contributed by atoms with Gasteiger partial charge in [0.2, 0.25) is 10.0 Å². The van der Waals surface area contributed by atoms with E-state index in [1.165, 1.54) is 0 Å². The van der Waals surface area contributed by atoms with Crippen LogP contribution >= 0.6 is 0 Å². The fraction of sp³-hybridized carbons (Fsp3) is 0.333. The summed E-state index contributed by atoms with van der Waals surface area (Å²) < 4.78 is 38.7. The molecule has 1 saturated carbocycles. The summed E-state index contributed by atoms with van der Waals surface area (Å²) in [5, 5.41) is 0. The Morgan fingerprint density at radius 2 is 1.67 bits per heavy atom. The third-order valence-corrected chi connectivity index (χ3v) is 5.93. The van der Waals surface area contributed by atoms with Crippen molar-refractivity contribution in [3.63, 3.8) is 0 Å². The van der Waals surface area contributed by atoms with Gasteiger partial charge in [-0.15, -0.1) is 0 Å². The van der Waals surface area contributed by atoms with Crippen LogP contribution in [0, 0.1) is 6.92 Å². The van der Waals surface area contributed by atoms with Gasteiger partial charge in [0, 0.05) is 0 Å². The van der Waals surface area contributed by atoms with Crippen LogP contribution in [0.5, 0.6) is 11.5 Å². The number of sulfonamides is 1. The van der Waals surface area contributed by atoms with E-state index in [4.69, 9.17) is 9.47 Å². The molecule has 0 unspecified atom stereocenters. The van der Waals surface area contributed by atoms with Crippen LogP contribution in [0.3, 0.4) is 0 Å². The maximum Gasteiger partial charge on any atom is 0.241 e. The molecule has 6 heteroatoms. The fourth-order valence-corrected chi connectivity index (χ4v) is 4.35. The van der Waals surface area contributed by atoms with Gasteiger partial charge in [-0.05, 0) is 61.2 Å². The molecule has 0 heterocycles. The van der Waals surface area contributed by atoms with E-state index in [9.17, 15) is 8.42 Å². The molecule has 3 rings (SSSR count). The minimum absolute atomic E-state index is 0.251. The van der Waals surface area contributed by atoms with E-state index in [0.29, 0.717) is 5.75 Å². The van der Waals surface area contributed by atoms with Crippen molar-refractivity contribution in [2.75, 3.05) is 14.2 Å². The molecule has 24 heavy (non-hydrogen) atoms. The highest BCUT2D eigenvalue weighted by Crippen LogP contribution is 2.47. The Kier molecular flexibility index (Phi) is 4.27. The Bertz CT molecular complexity index is 840. The van der Waals surface area contributed by atoms with Crippen LogP contribution in [0.15, 0.2) is 47.4 Å². The molecule has 0 aliphatic heterocycles. The van der Waals surface area contributed by atoms with Gasteiger partial charge in [-0.25, -0.2) is 13.1 Å². The largest absolute Gasteiger partial charge is 0.497 e. The van der Waals surface area contributed by atoms with Crippen LogP contribution in [0.1, 0.15) is 24.0 Å². The van der Waals surface area contributed by atoms with Crippen LogP contribution in [0.4, 0.5) is 0 Å². The number of hydrogen-bond acceptors (Lipinski definition) is 4. The molecule has 0 bridgehead atoms.